The average molecular weight is 476 g/mol. The van der Waals surface area contributed by atoms with E-state index < -0.39 is 29.5 Å². The van der Waals surface area contributed by atoms with Crippen molar-refractivity contribution in [3.63, 3.8) is 0 Å². The van der Waals surface area contributed by atoms with Crippen LogP contribution in [0.5, 0.6) is 0 Å². The van der Waals surface area contributed by atoms with E-state index in [1.807, 2.05) is 6.92 Å². The van der Waals surface area contributed by atoms with Crippen molar-refractivity contribution in [3.05, 3.63) is 82.6 Å². The Morgan fingerprint density at radius 3 is 2.68 bits per heavy atom. The van der Waals surface area contributed by atoms with E-state index in [1.165, 1.54) is 24.3 Å². The smallest absolute Gasteiger partial charge is 0.382 e. The highest BCUT2D eigenvalue weighted by Gasteiger charge is 2.37. The first-order valence-electron chi connectivity index (χ1n) is 11.1. The molecule has 0 bridgehead atoms. The first-order chi connectivity index (χ1) is 16.2. The van der Waals surface area contributed by atoms with Crippen molar-refractivity contribution in [2.45, 2.75) is 44.9 Å². The number of amidine groups is 1. The molecule has 9 heteroatoms. The van der Waals surface area contributed by atoms with Crippen LogP contribution < -0.4 is 16.0 Å². The number of rotatable bonds is 6. The second-order valence-electron chi connectivity index (χ2n) is 8.26. The van der Waals surface area contributed by atoms with Crippen LogP contribution in [0, 0.1) is 11.6 Å². The molecule has 34 heavy (non-hydrogen) atoms. The fraction of sp³-hybridized carbons (Fsp3) is 0.320. The van der Waals surface area contributed by atoms with Crippen LogP contribution in [-0.4, -0.2) is 12.4 Å². The van der Waals surface area contributed by atoms with Crippen LogP contribution in [0.15, 0.2) is 59.2 Å². The summed E-state index contributed by atoms with van der Waals surface area (Å²) in [5, 5.41) is 9.12. The Kier molecular flexibility index (Phi) is 6.63. The number of anilines is 1. The number of hydrogen-bond acceptors (Lipinski definition) is 4. The van der Waals surface area contributed by atoms with Gasteiger partial charge in [-0.25, -0.2) is 13.8 Å². The molecule has 1 atom stereocenters. The number of benzene rings is 2. The third kappa shape index (κ3) is 4.78. The predicted octanol–water partition coefficient (Wildman–Crippen LogP) is 6.50. The molecule has 180 valence electrons. The highest BCUT2D eigenvalue weighted by molar-refractivity contribution is 6.05. The molecule has 0 amide bonds. The van der Waals surface area contributed by atoms with Gasteiger partial charge in [-0.3, -0.25) is 0 Å². The molecule has 0 fully saturated rings. The molecule has 2 aromatic carbocycles. The molecular formula is C25H25F5N4. The summed E-state index contributed by atoms with van der Waals surface area (Å²) in [6.45, 7) is 6.34. The molecule has 1 aliphatic carbocycles. The monoisotopic (exact) mass is 476 g/mol. The molecule has 4 nitrogen and oxygen atoms in total. The topological polar surface area (TPSA) is 48.5 Å². The van der Waals surface area contributed by atoms with Crippen LogP contribution in [0.2, 0.25) is 0 Å². The van der Waals surface area contributed by atoms with Crippen LogP contribution >= 0.6 is 0 Å². The van der Waals surface area contributed by atoms with Gasteiger partial charge in [0, 0.05) is 40.7 Å². The molecule has 1 unspecified atom stereocenters. The number of allylic oxidation sites excluding steroid dienone is 1. The first kappa shape index (κ1) is 23.8. The van der Waals surface area contributed by atoms with Gasteiger partial charge in [-0.1, -0.05) is 31.7 Å². The van der Waals surface area contributed by atoms with E-state index in [9.17, 15) is 22.0 Å². The molecule has 0 saturated carbocycles. The summed E-state index contributed by atoms with van der Waals surface area (Å²) in [4.78, 5) is 4.54. The van der Waals surface area contributed by atoms with Gasteiger partial charge in [0.1, 0.15) is 23.6 Å². The summed E-state index contributed by atoms with van der Waals surface area (Å²) in [6.07, 6.45) is -2.61. The Morgan fingerprint density at radius 1 is 1.18 bits per heavy atom. The molecule has 1 aliphatic heterocycles. The van der Waals surface area contributed by atoms with Gasteiger partial charge < -0.3 is 16.0 Å². The summed E-state index contributed by atoms with van der Waals surface area (Å²) in [5.41, 5.74) is 1.37. The normalized spacial score (nSPS) is 17.7. The van der Waals surface area contributed by atoms with Crippen LogP contribution in [-0.2, 0) is 6.18 Å². The maximum atomic E-state index is 14.5. The molecule has 1 heterocycles. The van der Waals surface area contributed by atoms with Crippen molar-refractivity contribution < 1.29 is 22.0 Å². The highest BCUT2D eigenvalue weighted by atomic mass is 19.4. The largest absolute Gasteiger partial charge is 0.416 e. The third-order valence-electron chi connectivity index (χ3n) is 5.83. The van der Waals surface area contributed by atoms with Crippen molar-refractivity contribution >= 4 is 17.2 Å². The van der Waals surface area contributed by atoms with E-state index in [4.69, 9.17) is 0 Å². The number of aliphatic imine (C=N–C) groups is 1. The van der Waals surface area contributed by atoms with Crippen LogP contribution in [0.3, 0.4) is 0 Å². The highest BCUT2D eigenvalue weighted by Crippen LogP contribution is 2.38. The third-order valence-corrected chi connectivity index (χ3v) is 5.83. The second kappa shape index (κ2) is 9.48. The Balaban J connectivity index is 1.70. The number of hydrogen-bond donors (Lipinski definition) is 3. The summed E-state index contributed by atoms with van der Waals surface area (Å²) in [5.74, 6) is -1.16. The van der Waals surface area contributed by atoms with Gasteiger partial charge >= 0.3 is 6.18 Å². The van der Waals surface area contributed by atoms with Crippen molar-refractivity contribution in [2.24, 2.45) is 4.99 Å². The zero-order chi connectivity index (χ0) is 24.5. The predicted molar refractivity (Wildman–Crippen MR) is 123 cm³/mol. The van der Waals surface area contributed by atoms with Crippen LogP contribution in [0.1, 0.15) is 55.5 Å². The SMILES string of the molecule is C=C(NC1=NC(c2ccccc2C(F)(F)F)NC2=C1CCC2)c1cc(F)cc(F)c1NCCC. The van der Waals surface area contributed by atoms with Gasteiger partial charge in [0.25, 0.3) is 0 Å². The van der Waals surface area contributed by atoms with Gasteiger partial charge in [0.05, 0.1) is 11.3 Å². The summed E-state index contributed by atoms with van der Waals surface area (Å²) >= 11 is 0. The van der Waals surface area contributed by atoms with Crippen molar-refractivity contribution in [1.82, 2.24) is 10.6 Å². The Hall–Kier alpha value is -3.36. The molecule has 0 aromatic heterocycles. The standard InChI is InChI=1S/C25H25F5N4/c1-3-11-31-22-18(12-15(26)13-20(22)27)14(2)32-24-17-8-6-10-21(17)33-23(34-24)16-7-4-5-9-19(16)25(28,29)30/h4-5,7,9,12-13,23,31,33H,2-3,6,8,10-11H2,1H3,(H,32,34). The van der Waals surface area contributed by atoms with Gasteiger partial charge in [-0.2, -0.15) is 13.2 Å². The summed E-state index contributed by atoms with van der Waals surface area (Å²) in [7, 11) is 0. The van der Waals surface area contributed by atoms with Gasteiger partial charge in [-0.15, -0.1) is 0 Å². The average Bonchev–Trinajstić information content (AvgIpc) is 3.26. The summed E-state index contributed by atoms with van der Waals surface area (Å²) < 4.78 is 69.4. The minimum atomic E-state index is -4.53. The zero-order valence-corrected chi connectivity index (χ0v) is 18.6. The van der Waals surface area contributed by atoms with Crippen molar-refractivity contribution in [3.8, 4) is 0 Å². The molecule has 0 radical (unpaired) electrons. The minimum absolute atomic E-state index is 0.000429. The number of alkyl halides is 3. The van der Waals surface area contributed by atoms with Gasteiger partial charge in [0.2, 0.25) is 0 Å². The molecule has 2 aromatic rings. The zero-order valence-electron chi connectivity index (χ0n) is 18.6. The van der Waals surface area contributed by atoms with E-state index in [0.717, 1.165) is 36.2 Å². The van der Waals surface area contributed by atoms with E-state index in [-0.39, 0.29) is 22.5 Å². The van der Waals surface area contributed by atoms with E-state index in [2.05, 4.69) is 27.5 Å². The maximum Gasteiger partial charge on any atom is 0.416 e. The van der Waals surface area contributed by atoms with Crippen LogP contribution in [0.4, 0.5) is 27.6 Å². The molecule has 2 aliphatic rings. The molecule has 0 spiro atoms. The molecule has 0 saturated heterocycles. The second-order valence-corrected chi connectivity index (χ2v) is 8.26. The lowest BCUT2D eigenvalue weighted by molar-refractivity contribution is -0.138. The van der Waals surface area contributed by atoms with Gasteiger partial charge in [0.15, 0.2) is 0 Å². The van der Waals surface area contributed by atoms with Crippen molar-refractivity contribution in [2.75, 3.05) is 11.9 Å². The lowest BCUT2D eigenvalue weighted by atomic mass is 10.0. The van der Waals surface area contributed by atoms with E-state index in [1.54, 1.807) is 0 Å². The molecular weight excluding hydrogens is 451 g/mol. The Morgan fingerprint density at radius 2 is 1.94 bits per heavy atom. The van der Waals surface area contributed by atoms with Gasteiger partial charge in [-0.05, 0) is 37.8 Å². The first-order valence-corrected chi connectivity index (χ1v) is 11.1. The molecule has 3 N–H and O–H groups in total. The fourth-order valence-corrected chi connectivity index (χ4v) is 4.27. The number of halogens is 5. The summed E-state index contributed by atoms with van der Waals surface area (Å²) in [6, 6.07) is 7.25. The van der Waals surface area contributed by atoms with E-state index in [0.29, 0.717) is 25.2 Å². The maximum absolute atomic E-state index is 14.5. The quantitative estimate of drug-likeness (QED) is 0.417. The number of nitrogens with zero attached hydrogens (tertiary/aromatic N) is 1. The van der Waals surface area contributed by atoms with Crippen molar-refractivity contribution in [1.29, 1.82) is 0 Å². The molecule has 4 rings (SSSR count). The Labute approximate surface area is 194 Å². The lowest BCUT2D eigenvalue weighted by Crippen LogP contribution is -2.34. The number of nitrogens with one attached hydrogen (secondary N) is 3. The van der Waals surface area contributed by atoms with E-state index >= 15 is 0 Å². The van der Waals surface area contributed by atoms with Crippen LogP contribution in [0.25, 0.3) is 5.70 Å². The lowest BCUT2D eigenvalue weighted by Gasteiger charge is -2.28. The fourth-order valence-electron chi connectivity index (χ4n) is 4.27. The minimum Gasteiger partial charge on any atom is -0.382 e. The Bertz CT molecular complexity index is 1170.